The van der Waals surface area contributed by atoms with Crippen LogP contribution in [0, 0.1) is 6.92 Å². The summed E-state index contributed by atoms with van der Waals surface area (Å²) in [6.45, 7) is 4.33. The molecule has 4 heterocycles. The molecule has 2 aromatic rings. The molecule has 26 heavy (non-hydrogen) atoms. The molecule has 2 aliphatic rings. The molecule has 1 atom stereocenters. The quantitative estimate of drug-likeness (QED) is 0.833. The number of ether oxygens (including phenoxy) is 2. The maximum absolute atomic E-state index is 12.4. The largest absolute Gasteiger partial charge is 0.372 e. The van der Waals surface area contributed by atoms with E-state index in [0.717, 1.165) is 24.2 Å². The van der Waals surface area contributed by atoms with Crippen molar-refractivity contribution in [3.63, 3.8) is 0 Å². The topological polar surface area (TPSA) is 77.4 Å². The van der Waals surface area contributed by atoms with Gasteiger partial charge in [-0.15, -0.1) is 0 Å². The fraction of sp³-hybridized carbons (Fsp3) is 0.474. The predicted octanol–water partition coefficient (Wildman–Crippen LogP) is 1.77. The number of likely N-dealkylation sites (tertiary alicyclic amines) is 1. The fourth-order valence-electron chi connectivity index (χ4n) is 3.62. The van der Waals surface area contributed by atoms with Crippen molar-refractivity contribution in [1.82, 2.24) is 20.1 Å². The first-order valence-electron chi connectivity index (χ1n) is 8.88. The van der Waals surface area contributed by atoms with E-state index in [1.54, 1.807) is 11.0 Å². The van der Waals surface area contributed by atoms with E-state index in [-0.39, 0.29) is 17.6 Å². The molecule has 2 aromatic heterocycles. The van der Waals surface area contributed by atoms with Crippen molar-refractivity contribution in [1.29, 1.82) is 0 Å². The van der Waals surface area contributed by atoms with E-state index in [1.165, 1.54) is 12.4 Å². The highest BCUT2D eigenvalue weighted by molar-refractivity contribution is 5.94. The Bertz CT molecular complexity index is 777. The number of nitrogens with zero attached hydrogens (tertiary/aromatic N) is 4. The van der Waals surface area contributed by atoms with E-state index in [4.69, 9.17) is 9.47 Å². The van der Waals surface area contributed by atoms with Gasteiger partial charge in [-0.05, 0) is 31.5 Å². The first-order chi connectivity index (χ1) is 12.6. The van der Waals surface area contributed by atoms with Crippen LogP contribution in [0.2, 0.25) is 0 Å². The summed E-state index contributed by atoms with van der Waals surface area (Å²) in [5.74, 6) is -0.0267. The monoisotopic (exact) mass is 354 g/mol. The van der Waals surface area contributed by atoms with Gasteiger partial charge in [-0.3, -0.25) is 9.78 Å². The van der Waals surface area contributed by atoms with Crippen molar-refractivity contribution in [2.75, 3.05) is 19.7 Å². The molecule has 0 aliphatic carbocycles. The van der Waals surface area contributed by atoms with Gasteiger partial charge in [-0.25, -0.2) is 0 Å². The summed E-state index contributed by atoms with van der Waals surface area (Å²) in [4.78, 5) is 18.7. The first kappa shape index (κ1) is 17.1. The molecule has 0 radical (unpaired) electrons. The average molecular weight is 354 g/mol. The highest BCUT2D eigenvalue weighted by atomic mass is 16.5. The Balaban J connectivity index is 1.31. The molecule has 2 fully saturated rings. The van der Waals surface area contributed by atoms with E-state index >= 15 is 0 Å². The third-order valence-electron chi connectivity index (χ3n) is 4.94. The lowest BCUT2D eigenvalue weighted by Gasteiger charge is -2.52. The summed E-state index contributed by atoms with van der Waals surface area (Å²) in [6.07, 6.45) is 4.83. The van der Waals surface area contributed by atoms with Crippen LogP contribution in [-0.4, -0.2) is 57.4 Å². The highest BCUT2D eigenvalue weighted by Gasteiger charge is 2.49. The number of rotatable bonds is 4. The maximum Gasteiger partial charge on any atom is 0.255 e. The standard InChI is InChI=1S/C19H22N4O3/c1-14-3-2-4-16(22-14)11-25-17-6-8-26-19(9-17)12-23(13-19)18(24)15-5-7-20-21-10-15/h2-5,7,10,17H,6,8-9,11-13H2,1H3/t17-/m1/s1. The molecule has 0 aromatic carbocycles. The summed E-state index contributed by atoms with van der Waals surface area (Å²) >= 11 is 0. The molecule has 7 nitrogen and oxygen atoms in total. The van der Waals surface area contributed by atoms with Crippen LogP contribution in [0.1, 0.15) is 34.6 Å². The van der Waals surface area contributed by atoms with Gasteiger partial charge < -0.3 is 14.4 Å². The number of carbonyl (C=O) groups is 1. The van der Waals surface area contributed by atoms with E-state index in [9.17, 15) is 4.79 Å². The zero-order valence-corrected chi connectivity index (χ0v) is 14.8. The third-order valence-corrected chi connectivity index (χ3v) is 4.94. The molecule has 0 unspecified atom stereocenters. The van der Waals surface area contributed by atoms with E-state index in [0.29, 0.717) is 31.9 Å². The number of amides is 1. The van der Waals surface area contributed by atoms with Crippen molar-refractivity contribution in [2.45, 2.75) is 38.1 Å². The molecule has 0 saturated carbocycles. The Morgan fingerprint density at radius 1 is 1.35 bits per heavy atom. The van der Waals surface area contributed by atoms with Gasteiger partial charge in [0.2, 0.25) is 0 Å². The molecule has 2 aliphatic heterocycles. The van der Waals surface area contributed by atoms with Crippen LogP contribution in [0.25, 0.3) is 0 Å². The van der Waals surface area contributed by atoms with Gasteiger partial charge in [0.15, 0.2) is 0 Å². The van der Waals surface area contributed by atoms with Crippen molar-refractivity contribution in [3.05, 3.63) is 53.6 Å². The fourth-order valence-corrected chi connectivity index (χ4v) is 3.62. The van der Waals surface area contributed by atoms with Crippen LogP contribution in [-0.2, 0) is 16.1 Å². The number of hydrogen-bond acceptors (Lipinski definition) is 6. The van der Waals surface area contributed by atoms with Gasteiger partial charge >= 0.3 is 0 Å². The summed E-state index contributed by atoms with van der Waals surface area (Å²) in [5, 5.41) is 7.48. The second kappa shape index (κ2) is 7.09. The van der Waals surface area contributed by atoms with E-state index < -0.39 is 0 Å². The average Bonchev–Trinajstić information content (AvgIpc) is 2.65. The van der Waals surface area contributed by atoms with Crippen molar-refractivity contribution >= 4 is 5.91 Å². The zero-order valence-electron chi connectivity index (χ0n) is 14.8. The third kappa shape index (κ3) is 3.59. The van der Waals surface area contributed by atoms with E-state index in [2.05, 4.69) is 15.2 Å². The molecule has 1 amide bonds. The molecule has 7 heteroatoms. The Morgan fingerprint density at radius 2 is 2.23 bits per heavy atom. The number of pyridine rings is 1. The summed E-state index contributed by atoms with van der Waals surface area (Å²) in [6, 6.07) is 7.64. The van der Waals surface area contributed by atoms with Crippen LogP contribution in [0.3, 0.4) is 0 Å². The Kier molecular flexibility index (Phi) is 4.65. The first-order valence-corrected chi connectivity index (χ1v) is 8.88. The molecule has 2 saturated heterocycles. The minimum Gasteiger partial charge on any atom is -0.372 e. The van der Waals surface area contributed by atoms with Crippen LogP contribution in [0.15, 0.2) is 36.7 Å². The van der Waals surface area contributed by atoms with Gasteiger partial charge in [-0.2, -0.15) is 10.2 Å². The minimum absolute atomic E-state index is 0.0267. The second-order valence-corrected chi connectivity index (χ2v) is 7.02. The summed E-state index contributed by atoms with van der Waals surface area (Å²) in [7, 11) is 0. The lowest BCUT2D eigenvalue weighted by Crippen LogP contribution is -2.67. The second-order valence-electron chi connectivity index (χ2n) is 7.02. The summed E-state index contributed by atoms with van der Waals surface area (Å²) in [5.41, 5.74) is 2.22. The number of hydrogen-bond donors (Lipinski definition) is 0. The molecule has 0 N–H and O–H groups in total. The van der Waals surface area contributed by atoms with Crippen LogP contribution in [0.4, 0.5) is 0 Å². The zero-order chi connectivity index (χ0) is 18.0. The molecule has 136 valence electrons. The number of aryl methyl sites for hydroxylation is 1. The van der Waals surface area contributed by atoms with Crippen molar-refractivity contribution in [2.24, 2.45) is 0 Å². The van der Waals surface area contributed by atoms with Crippen LogP contribution >= 0.6 is 0 Å². The van der Waals surface area contributed by atoms with Crippen LogP contribution in [0.5, 0.6) is 0 Å². The minimum atomic E-state index is -0.279. The molecule has 0 bridgehead atoms. The maximum atomic E-state index is 12.4. The van der Waals surface area contributed by atoms with Crippen molar-refractivity contribution in [3.8, 4) is 0 Å². The van der Waals surface area contributed by atoms with Crippen molar-refractivity contribution < 1.29 is 14.3 Å². The Morgan fingerprint density at radius 3 is 3.00 bits per heavy atom. The number of aromatic nitrogens is 3. The smallest absolute Gasteiger partial charge is 0.255 e. The lowest BCUT2D eigenvalue weighted by atomic mass is 9.84. The molecular weight excluding hydrogens is 332 g/mol. The van der Waals surface area contributed by atoms with Gasteiger partial charge in [-0.1, -0.05) is 6.07 Å². The lowest BCUT2D eigenvalue weighted by molar-refractivity contribution is -0.188. The molecular formula is C19H22N4O3. The molecule has 1 spiro atoms. The van der Waals surface area contributed by atoms with Crippen LogP contribution < -0.4 is 0 Å². The molecule has 4 rings (SSSR count). The van der Waals surface area contributed by atoms with Gasteiger partial charge in [0, 0.05) is 18.7 Å². The highest BCUT2D eigenvalue weighted by Crippen LogP contribution is 2.36. The SMILES string of the molecule is Cc1cccc(CO[C@@H]2CCOC3(C2)CN(C(=O)c2ccnnc2)C3)n1. The number of carbonyl (C=O) groups excluding carboxylic acids is 1. The van der Waals surface area contributed by atoms with Gasteiger partial charge in [0.05, 0.1) is 49.5 Å². The predicted molar refractivity (Wildman–Crippen MR) is 93.4 cm³/mol. The van der Waals surface area contributed by atoms with Gasteiger partial charge in [0.25, 0.3) is 5.91 Å². The Hall–Kier alpha value is -2.38. The normalized spacial score (nSPS) is 21.4. The van der Waals surface area contributed by atoms with E-state index in [1.807, 2.05) is 25.1 Å². The Labute approximate surface area is 152 Å². The van der Waals surface area contributed by atoms with Gasteiger partial charge in [0.1, 0.15) is 5.60 Å². The summed E-state index contributed by atoms with van der Waals surface area (Å²) < 4.78 is 12.1.